The van der Waals surface area contributed by atoms with Gasteiger partial charge in [-0.25, -0.2) is 4.79 Å². The Balaban J connectivity index is 1.98. The SMILES string of the molecule is COc1ccc(C(C)CNC(=O)O)cc1OCCC1CC1. The first kappa shape index (κ1) is 15.5. The number of hydrogen-bond donors (Lipinski definition) is 2. The summed E-state index contributed by atoms with van der Waals surface area (Å²) >= 11 is 0. The number of amides is 1. The summed E-state index contributed by atoms with van der Waals surface area (Å²) in [5.74, 6) is 2.36. The Morgan fingerprint density at radius 3 is 2.81 bits per heavy atom. The number of benzene rings is 1. The van der Waals surface area contributed by atoms with Gasteiger partial charge in [0.15, 0.2) is 11.5 Å². The zero-order chi connectivity index (χ0) is 15.2. The Morgan fingerprint density at radius 1 is 1.43 bits per heavy atom. The smallest absolute Gasteiger partial charge is 0.404 e. The van der Waals surface area contributed by atoms with E-state index >= 15 is 0 Å². The summed E-state index contributed by atoms with van der Waals surface area (Å²) in [6, 6.07) is 5.76. The van der Waals surface area contributed by atoms with Crippen LogP contribution in [0.2, 0.25) is 0 Å². The van der Waals surface area contributed by atoms with E-state index in [1.165, 1.54) is 12.8 Å². The monoisotopic (exact) mass is 293 g/mol. The van der Waals surface area contributed by atoms with E-state index in [9.17, 15) is 4.79 Å². The fourth-order valence-corrected chi connectivity index (χ4v) is 2.21. The molecule has 21 heavy (non-hydrogen) atoms. The highest BCUT2D eigenvalue weighted by molar-refractivity contribution is 5.64. The number of methoxy groups -OCH3 is 1. The van der Waals surface area contributed by atoms with Crippen LogP contribution in [0, 0.1) is 5.92 Å². The lowest BCUT2D eigenvalue weighted by Crippen LogP contribution is -2.25. The Labute approximate surface area is 125 Å². The summed E-state index contributed by atoms with van der Waals surface area (Å²) in [5, 5.41) is 11.1. The Kier molecular flexibility index (Phi) is 5.31. The van der Waals surface area contributed by atoms with Gasteiger partial charge >= 0.3 is 6.09 Å². The average Bonchev–Trinajstić information content (AvgIpc) is 3.28. The number of ether oxygens (including phenoxy) is 2. The Morgan fingerprint density at radius 2 is 2.19 bits per heavy atom. The second-order valence-corrected chi connectivity index (χ2v) is 5.58. The zero-order valence-electron chi connectivity index (χ0n) is 12.6. The molecular weight excluding hydrogens is 270 g/mol. The van der Waals surface area contributed by atoms with Gasteiger partial charge in [0.2, 0.25) is 0 Å². The molecule has 0 aliphatic heterocycles. The van der Waals surface area contributed by atoms with Crippen LogP contribution < -0.4 is 14.8 Å². The Bertz CT molecular complexity index is 485. The van der Waals surface area contributed by atoms with Crippen molar-refractivity contribution in [1.29, 1.82) is 0 Å². The summed E-state index contributed by atoms with van der Waals surface area (Å²) in [7, 11) is 1.62. The minimum Gasteiger partial charge on any atom is -0.493 e. The second-order valence-electron chi connectivity index (χ2n) is 5.58. The first-order chi connectivity index (χ1) is 10.1. The highest BCUT2D eigenvalue weighted by atomic mass is 16.5. The van der Waals surface area contributed by atoms with E-state index in [-0.39, 0.29) is 5.92 Å². The first-order valence-electron chi connectivity index (χ1n) is 7.37. The molecule has 1 aromatic rings. The molecule has 1 aliphatic rings. The quantitative estimate of drug-likeness (QED) is 0.772. The summed E-state index contributed by atoms with van der Waals surface area (Å²) in [5.41, 5.74) is 1.03. The van der Waals surface area contributed by atoms with E-state index in [0.717, 1.165) is 23.7 Å². The van der Waals surface area contributed by atoms with Crippen LogP contribution in [-0.2, 0) is 0 Å². The number of hydrogen-bond acceptors (Lipinski definition) is 3. The molecule has 1 unspecified atom stereocenters. The number of nitrogens with one attached hydrogen (secondary N) is 1. The lowest BCUT2D eigenvalue weighted by Gasteiger charge is -2.16. The van der Waals surface area contributed by atoms with Crippen molar-refractivity contribution in [1.82, 2.24) is 5.32 Å². The third-order valence-corrected chi connectivity index (χ3v) is 3.80. The maximum absolute atomic E-state index is 10.6. The van der Waals surface area contributed by atoms with Crippen molar-refractivity contribution in [3.05, 3.63) is 23.8 Å². The van der Waals surface area contributed by atoms with Crippen LogP contribution in [0.25, 0.3) is 0 Å². The predicted octanol–water partition coefficient (Wildman–Crippen LogP) is 3.25. The molecule has 0 aromatic heterocycles. The van der Waals surface area contributed by atoms with Crippen LogP contribution in [0.1, 0.15) is 37.7 Å². The molecule has 0 bridgehead atoms. The van der Waals surface area contributed by atoms with Gasteiger partial charge < -0.3 is 19.9 Å². The van der Waals surface area contributed by atoms with E-state index in [1.807, 2.05) is 25.1 Å². The molecule has 5 nitrogen and oxygen atoms in total. The molecule has 1 aliphatic carbocycles. The molecule has 1 fully saturated rings. The van der Waals surface area contributed by atoms with Crippen molar-refractivity contribution in [2.75, 3.05) is 20.3 Å². The van der Waals surface area contributed by atoms with E-state index in [4.69, 9.17) is 14.6 Å². The van der Waals surface area contributed by atoms with Crippen LogP contribution in [0.15, 0.2) is 18.2 Å². The van der Waals surface area contributed by atoms with E-state index in [0.29, 0.717) is 18.9 Å². The maximum atomic E-state index is 10.6. The van der Waals surface area contributed by atoms with Crippen LogP contribution in [0.3, 0.4) is 0 Å². The van der Waals surface area contributed by atoms with Gasteiger partial charge in [0, 0.05) is 6.54 Å². The molecule has 0 saturated heterocycles. The zero-order valence-corrected chi connectivity index (χ0v) is 12.6. The highest BCUT2D eigenvalue weighted by Crippen LogP contribution is 2.34. The van der Waals surface area contributed by atoms with Gasteiger partial charge in [-0.15, -0.1) is 0 Å². The van der Waals surface area contributed by atoms with Crippen molar-refractivity contribution in [2.45, 2.75) is 32.1 Å². The van der Waals surface area contributed by atoms with Crippen molar-refractivity contribution in [3.8, 4) is 11.5 Å². The number of rotatable bonds is 8. The molecule has 1 aromatic carbocycles. The second kappa shape index (κ2) is 7.20. The molecule has 0 spiro atoms. The topological polar surface area (TPSA) is 67.8 Å². The minimum absolute atomic E-state index is 0.0813. The summed E-state index contributed by atoms with van der Waals surface area (Å²) in [6.45, 7) is 3.06. The molecule has 1 atom stereocenters. The molecule has 2 rings (SSSR count). The van der Waals surface area contributed by atoms with Crippen LogP contribution in [0.5, 0.6) is 11.5 Å². The lowest BCUT2D eigenvalue weighted by molar-refractivity contribution is 0.194. The first-order valence-corrected chi connectivity index (χ1v) is 7.37. The summed E-state index contributed by atoms with van der Waals surface area (Å²) in [4.78, 5) is 10.6. The van der Waals surface area contributed by atoms with Gasteiger partial charge in [-0.1, -0.05) is 25.8 Å². The number of carboxylic acid groups (broad SMARTS) is 1. The molecule has 2 N–H and O–H groups in total. The summed E-state index contributed by atoms with van der Waals surface area (Å²) < 4.78 is 11.2. The highest BCUT2D eigenvalue weighted by Gasteiger charge is 2.21. The predicted molar refractivity (Wildman–Crippen MR) is 80.3 cm³/mol. The van der Waals surface area contributed by atoms with Crippen molar-refractivity contribution in [3.63, 3.8) is 0 Å². The van der Waals surface area contributed by atoms with Gasteiger partial charge in [-0.05, 0) is 36.0 Å². The average molecular weight is 293 g/mol. The summed E-state index contributed by atoms with van der Waals surface area (Å²) in [6.07, 6.45) is 2.72. The Hall–Kier alpha value is -1.91. The van der Waals surface area contributed by atoms with Crippen molar-refractivity contribution >= 4 is 6.09 Å². The van der Waals surface area contributed by atoms with Crippen molar-refractivity contribution in [2.24, 2.45) is 5.92 Å². The van der Waals surface area contributed by atoms with Crippen LogP contribution in [-0.4, -0.2) is 31.5 Å². The van der Waals surface area contributed by atoms with Gasteiger partial charge in [0.05, 0.1) is 13.7 Å². The van der Waals surface area contributed by atoms with Gasteiger partial charge in [0.1, 0.15) is 0 Å². The maximum Gasteiger partial charge on any atom is 0.404 e. The number of carbonyl (C=O) groups is 1. The van der Waals surface area contributed by atoms with E-state index < -0.39 is 6.09 Å². The standard InChI is InChI=1S/C16H23NO4/c1-11(10-17-16(18)19)13-5-6-14(20-2)15(9-13)21-8-7-12-3-4-12/h5-6,9,11-12,17H,3-4,7-8,10H2,1-2H3,(H,18,19). The molecule has 1 amide bonds. The van der Waals surface area contributed by atoms with Gasteiger partial charge in [-0.2, -0.15) is 0 Å². The molecular formula is C16H23NO4. The van der Waals surface area contributed by atoms with Crippen LogP contribution in [0.4, 0.5) is 4.79 Å². The third kappa shape index (κ3) is 4.85. The minimum atomic E-state index is -1.00. The van der Waals surface area contributed by atoms with E-state index in [2.05, 4.69) is 5.32 Å². The van der Waals surface area contributed by atoms with E-state index in [1.54, 1.807) is 7.11 Å². The van der Waals surface area contributed by atoms with Crippen molar-refractivity contribution < 1.29 is 19.4 Å². The largest absolute Gasteiger partial charge is 0.493 e. The molecule has 0 radical (unpaired) electrons. The molecule has 116 valence electrons. The van der Waals surface area contributed by atoms with Crippen LogP contribution >= 0.6 is 0 Å². The van der Waals surface area contributed by atoms with Gasteiger partial charge in [0.25, 0.3) is 0 Å². The molecule has 0 heterocycles. The van der Waals surface area contributed by atoms with Gasteiger partial charge in [-0.3, -0.25) is 0 Å². The normalized spacial score (nSPS) is 15.3. The molecule has 1 saturated carbocycles. The fraction of sp³-hybridized carbons (Fsp3) is 0.562. The molecule has 5 heteroatoms. The third-order valence-electron chi connectivity index (χ3n) is 3.80. The lowest BCUT2D eigenvalue weighted by atomic mass is 10.0. The fourth-order valence-electron chi connectivity index (χ4n) is 2.21.